The molecule has 21 heavy (non-hydrogen) atoms. The zero-order valence-corrected chi connectivity index (χ0v) is 12.8. The van der Waals surface area contributed by atoms with Crippen LogP contribution in [0.5, 0.6) is 0 Å². The number of carboxylic acid groups (broad SMARTS) is 1. The van der Waals surface area contributed by atoms with E-state index >= 15 is 0 Å². The number of carboxylic acids is 1. The zero-order chi connectivity index (χ0) is 15.1. The molecule has 4 heteroatoms. The van der Waals surface area contributed by atoms with Gasteiger partial charge < -0.3 is 5.11 Å². The van der Waals surface area contributed by atoms with Gasteiger partial charge in [0.2, 0.25) is 0 Å². The highest BCUT2D eigenvalue weighted by Crippen LogP contribution is 2.30. The molecular formula is C17H19NO2S. The second-order valence-corrected chi connectivity index (χ2v) is 5.76. The fourth-order valence-electron chi connectivity index (χ4n) is 2.23. The molecule has 0 saturated heterocycles. The van der Waals surface area contributed by atoms with Gasteiger partial charge in [0.25, 0.3) is 0 Å². The molecule has 3 nitrogen and oxygen atoms in total. The first-order valence-corrected chi connectivity index (χ1v) is 7.89. The second kappa shape index (κ2) is 7.29. The number of thioether (sulfide) groups is 1. The summed E-state index contributed by atoms with van der Waals surface area (Å²) in [5, 5.41) is 13.0. The molecule has 0 aliphatic carbocycles. The van der Waals surface area contributed by atoms with E-state index in [1.54, 1.807) is 11.8 Å². The van der Waals surface area contributed by atoms with E-state index in [4.69, 9.17) is 0 Å². The van der Waals surface area contributed by atoms with E-state index in [0.717, 1.165) is 10.5 Å². The van der Waals surface area contributed by atoms with Gasteiger partial charge in [-0.15, -0.1) is 11.8 Å². The summed E-state index contributed by atoms with van der Waals surface area (Å²) in [6.07, 6.45) is 0. The first-order valence-electron chi connectivity index (χ1n) is 6.91. The Kier molecular flexibility index (Phi) is 5.42. The smallest absolute Gasteiger partial charge is 0.329 e. The average Bonchev–Trinajstić information content (AvgIpc) is 2.53. The fourth-order valence-corrected chi connectivity index (χ4v) is 3.35. The van der Waals surface area contributed by atoms with Gasteiger partial charge in [-0.05, 0) is 24.2 Å². The van der Waals surface area contributed by atoms with Crippen molar-refractivity contribution in [3.63, 3.8) is 0 Å². The molecule has 2 rings (SSSR count). The molecule has 0 heterocycles. The lowest BCUT2D eigenvalue weighted by atomic mass is 9.92. The molecule has 0 aromatic heterocycles. The molecule has 2 aromatic carbocycles. The molecule has 1 unspecified atom stereocenters. The predicted molar refractivity (Wildman–Crippen MR) is 86.6 cm³/mol. The highest BCUT2D eigenvalue weighted by molar-refractivity contribution is 7.99. The van der Waals surface area contributed by atoms with Crippen molar-refractivity contribution in [2.45, 2.75) is 17.4 Å². The van der Waals surface area contributed by atoms with E-state index in [1.165, 1.54) is 0 Å². The maximum absolute atomic E-state index is 12.0. The van der Waals surface area contributed by atoms with E-state index in [9.17, 15) is 9.90 Å². The Balaban J connectivity index is 2.29. The summed E-state index contributed by atoms with van der Waals surface area (Å²) < 4.78 is 0. The summed E-state index contributed by atoms with van der Waals surface area (Å²) in [6.45, 7) is 2.52. The third-order valence-electron chi connectivity index (χ3n) is 3.31. The Morgan fingerprint density at radius 2 is 1.67 bits per heavy atom. The third kappa shape index (κ3) is 3.65. The average molecular weight is 301 g/mol. The Morgan fingerprint density at radius 3 is 2.19 bits per heavy atom. The molecule has 0 amide bonds. The number of aliphatic carboxylic acids is 1. The van der Waals surface area contributed by atoms with Gasteiger partial charge in [0, 0.05) is 10.6 Å². The number of hydrogen-bond acceptors (Lipinski definition) is 3. The molecule has 0 aliphatic heterocycles. The number of nitrogens with one attached hydrogen (secondary N) is 1. The summed E-state index contributed by atoms with van der Waals surface area (Å²) in [5.41, 5.74) is -0.293. The first-order chi connectivity index (χ1) is 10.2. The minimum absolute atomic E-state index is 0.435. The largest absolute Gasteiger partial charge is 0.480 e. The SMILES string of the molecule is CCNC(CSc1ccccc1)(C(=O)O)c1ccccc1. The first kappa shape index (κ1) is 15.6. The molecule has 0 bridgehead atoms. The maximum atomic E-state index is 12.0. The van der Waals surface area contributed by atoms with Gasteiger partial charge in [0.15, 0.2) is 5.54 Å². The van der Waals surface area contributed by atoms with Crippen molar-refractivity contribution in [3.05, 3.63) is 66.2 Å². The molecule has 0 aliphatic rings. The van der Waals surface area contributed by atoms with E-state index in [0.29, 0.717) is 12.3 Å². The Hall–Kier alpha value is -1.78. The lowest BCUT2D eigenvalue weighted by molar-refractivity contribution is -0.144. The van der Waals surface area contributed by atoms with E-state index in [1.807, 2.05) is 67.6 Å². The van der Waals surface area contributed by atoms with Crippen molar-refractivity contribution >= 4 is 17.7 Å². The highest BCUT2D eigenvalue weighted by atomic mass is 32.2. The van der Waals surface area contributed by atoms with E-state index in [-0.39, 0.29) is 0 Å². The molecule has 1 atom stereocenters. The van der Waals surface area contributed by atoms with Crippen molar-refractivity contribution in [1.82, 2.24) is 5.32 Å². The minimum Gasteiger partial charge on any atom is -0.480 e. The van der Waals surface area contributed by atoms with Gasteiger partial charge in [0.05, 0.1) is 0 Å². The molecule has 110 valence electrons. The van der Waals surface area contributed by atoms with Crippen LogP contribution in [0.4, 0.5) is 0 Å². The quantitative estimate of drug-likeness (QED) is 0.770. The summed E-state index contributed by atoms with van der Waals surface area (Å²) in [6, 6.07) is 19.2. The van der Waals surface area contributed by atoms with Crippen molar-refractivity contribution < 1.29 is 9.90 Å². The highest BCUT2D eigenvalue weighted by Gasteiger charge is 2.39. The van der Waals surface area contributed by atoms with E-state index in [2.05, 4.69) is 5.32 Å². The number of hydrogen-bond donors (Lipinski definition) is 2. The van der Waals surface area contributed by atoms with Gasteiger partial charge in [-0.2, -0.15) is 0 Å². The fraction of sp³-hybridized carbons (Fsp3) is 0.235. The Morgan fingerprint density at radius 1 is 1.10 bits per heavy atom. The van der Waals surface area contributed by atoms with Crippen LogP contribution in [-0.2, 0) is 10.3 Å². The third-order valence-corrected chi connectivity index (χ3v) is 4.49. The van der Waals surface area contributed by atoms with Crippen LogP contribution in [0.2, 0.25) is 0 Å². The number of carbonyl (C=O) groups is 1. The molecule has 0 radical (unpaired) electrons. The van der Waals surface area contributed by atoms with Gasteiger partial charge in [0.1, 0.15) is 0 Å². The summed E-state index contributed by atoms with van der Waals surface area (Å²) in [5.74, 6) is -0.413. The normalized spacial score (nSPS) is 13.6. The topological polar surface area (TPSA) is 49.3 Å². The molecule has 0 fully saturated rings. The molecule has 2 aromatic rings. The molecule has 0 spiro atoms. The number of benzene rings is 2. The van der Waals surface area contributed by atoms with Gasteiger partial charge in [-0.25, -0.2) is 4.79 Å². The minimum atomic E-state index is -1.07. The van der Waals surface area contributed by atoms with Crippen LogP contribution in [0.25, 0.3) is 0 Å². The maximum Gasteiger partial charge on any atom is 0.329 e. The molecule has 0 saturated carbocycles. The summed E-state index contributed by atoms with van der Waals surface area (Å²) in [7, 11) is 0. The van der Waals surface area contributed by atoms with Crippen LogP contribution in [0, 0.1) is 0 Å². The van der Waals surface area contributed by atoms with Crippen LogP contribution in [-0.4, -0.2) is 23.4 Å². The van der Waals surface area contributed by atoms with Crippen molar-refractivity contribution in [2.24, 2.45) is 0 Å². The monoisotopic (exact) mass is 301 g/mol. The molecular weight excluding hydrogens is 282 g/mol. The van der Waals surface area contributed by atoms with Crippen molar-refractivity contribution in [2.75, 3.05) is 12.3 Å². The predicted octanol–water partition coefficient (Wildman–Crippen LogP) is 3.37. The van der Waals surface area contributed by atoms with Gasteiger partial charge in [-0.3, -0.25) is 5.32 Å². The Bertz CT molecular complexity index is 574. The van der Waals surface area contributed by atoms with Gasteiger partial charge in [-0.1, -0.05) is 55.5 Å². The van der Waals surface area contributed by atoms with Crippen LogP contribution < -0.4 is 5.32 Å². The van der Waals surface area contributed by atoms with Crippen molar-refractivity contribution in [1.29, 1.82) is 0 Å². The van der Waals surface area contributed by atoms with Gasteiger partial charge >= 0.3 is 5.97 Å². The number of likely N-dealkylation sites (N-methyl/N-ethyl adjacent to an activating group) is 1. The zero-order valence-electron chi connectivity index (χ0n) is 12.0. The van der Waals surface area contributed by atoms with Crippen LogP contribution in [0.1, 0.15) is 12.5 Å². The molecule has 2 N–H and O–H groups in total. The Labute approximate surface area is 129 Å². The summed E-state index contributed by atoms with van der Waals surface area (Å²) >= 11 is 1.55. The van der Waals surface area contributed by atoms with Crippen molar-refractivity contribution in [3.8, 4) is 0 Å². The van der Waals surface area contributed by atoms with Crippen LogP contribution in [0.15, 0.2) is 65.6 Å². The second-order valence-electron chi connectivity index (χ2n) is 4.71. The van der Waals surface area contributed by atoms with E-state index < -0.39 is 11.5 Å². The summed E-state index contributed by atoms with van der Waals surface area (Å²) in [4.78, 5) is 13.0. The van der Waals surface area contributed by atoms with Crippen LogP contribution >= 0.6 is 11.8 Å². The number of rotatable bonds is 7. The lowest BCUT2D eigenvalue weighted by Gasteiger charge is -2.30. The standard InChI is InChI=1S/C17H19NO2S/c1-2-18-17(16(19)20,14-9-5-3-6-10-14)13-21-15-11-7-4-8-12-15/h3-12,18H,2,13H2,1H3,(H,19,20). The van der Waals surface area contributed by atoms with Crippen LogP contribution in [0.3, 0.4) is 0 Å². The lowest BCUT2D eigenvalue weighted by Crippen LogP contribution is -2.51.